The van der Waals surface area contributed by atoms with Gasteiger partial charge in [0.1, 0.15) is 12.4 Å². The molecule has 5 rings (SSSR count). The third-order valence-corrected chi connectivity index (χ3v) is 7.16. The number of carbonyl (C=O) groups excluding carboxylic acids is 2. The molecule has 0 spiro atoms. The van der Waals surface area contributed by atoms with E-state index in [0.717, 1.165) is 29.1 Å². The van der Waals surface area contributed by atoms with Crippen molar-refractivity contribution in [1.29, 1.82) is 0 Å². The average Bonchev–Trinajstić information content (AvgIpc) is 2.63. The molecule has 4 bridgehead atoms. The van der Waals surface area contributed by atoms with Crippen LogP contribution in [0.5, 0.6) is 5.75 Å². The van der Waals surface area contributed by atoms with Gasteiger partial charge in [0.25, 0.3) is 0 Å². The summed E-state index contributed by atoms with van der Waals surface area (Å²) in [6.07, 6.45) is 8.39. The SMILES string of the molecule is Cc1ccc(OCCNC(=O)CNC(=O)CC23CC4CC(CC(C4)C2)C3)c(C)c1. The van der Waals surface area contributed by atoms with Gasteiger partial charge < -0.3 is 15.4 Å². The van der Waals surface area contributed by atoms with Gasteiger partial charge in [0, 0.05) is 6.42 Å². The summed E-state index contributed by atoms with van der Waals surface area (Å²) >= 11 is 0. The Morgan fingerprint density at radius 1 is 1.00 bits per heavy atom. The monoisotopic (exact) mass is 398 g/mol. The van der Waals surface area contributed by atoms with Crippen molar-refractivity contribution in [2.45, 2.75) is 58.8 Å². The molecular weight excluding hydrogens is 364 g/mol. The van der Waals surface area contributed by atoms with Crippen molar-refractivity contribution >= 4 is 11.8 Å². The molecule has 1 aromatic carbocycles. The van der Waals surface area contributed by atoms with Crippen LogP contribution in [0.25, 0.3) is 0 Å². The van der Waals surface area contributed by atoms with Crippen molar-refractivity contribution in [3.8, 4) is 5.75 Å². The minimum absolute atomic E-state index is 0.0358. The molecule has 4 fully saturated rings. The summed E-state index contributed by atoms with van der Waals surface area (Å²) in [7, 11) is 0. The molecule has 4 aliphatic carbocycles. The van der Waals surface area contributed by atoms with Gasteiger partial charge in [-0.2, -0.15) is 0 Å². The second-order valence-corrected chi connectivity index (χ2v) is 9.84. The highest BCUT2D eigenvalue weighted by Crippen LogP contribution is 2.61. The number of benzene rings is 1. The zero-order valence-corrected chi connectivity index (χ0v) is 17.8. The Hall–Kier alpha value is -2.04. The van der Waals surface area contributed by atoms with Gasteiger partial charge in [0.2, 0.25) is 11.8 Å². The molecule has 5 heteroatoms. The first kappa shape index (κ1) is 20.2. The standard InChI is InChI=1S/C24H34N2O3/c1-16-3-4-21(17(2)7-16)29-6-5-25-23(28)15-26-22(27)14-24-11-18-8-19(12-24)10-20(9-18)13-24/h3-4,7,18-20H,5-6,8-15H2,1-2H3,(H,25,28)(H,26,27). The van der Waals surface area contributed by atoms with E-state index in [9.17, 15) is 9.59 Å². The maximum Gasteiger partial charge on any atom is 0.239 e. The van der Waals surface area contributed by atoms with Crippen LogP contribution in [0.2, 0.25) is 0 Å². The number of nitrogens with one attached hydrogen (secondary N) is 2. The molecule has 4 saturated carbocycles. The fourth-order valence-electron chi connectivity index (χ4n) is 6.46. The first-order valence-electron chi connectivity index (χ1n) is 11.1. The van der Waals surface area contributed by atoms with Crippen molar-refractivity contribution in [3.63, 3.8) is 0 Å². The molecule has 0 aliphatic heterocycles. The van der Waals surface area contributed by atoms with Crippen molar-refractivity contribution in [1.82, 2.24) is 10.6 Å². The molecule has 29 heavy (non-hydrogen) atoms. The smallest absolute Gasteiger partial charge is 0.239 e. The van der Waals surface area contributed by atoms with E-state index in [2.05, 4.69) is 23.6 Å². The Kier molecular flexibility index (Phi) is 5.84. The first-order valence-corrected chi connectivity index (χ1v) is 11.1. The van der Waals surface area contributed by atoms with Crippen LogP contribution < -0.4 is 15.4 Å². The van der Waals surface area contributed by atoms with Crippen LogP contribution in [-0.4, -0.2) is 31.5 Å². The fraction of sp³-hybridized carbons (Fsp3) is 0.667. The summed E-state index contributed by atoms with van der Waals surface area (Å²) in [6.45, 7) is 4.96. The molecule has 2 amide bonds. The zero-order chi connectivity index (χ0) is 20.4. The number of rotatable bonds is 8. The van der Waals surface area contributed by atoms with Crippen molar-refractivity contribution in [2.24, 2.45) is 23.2 Å². The van der Waals surface area contributed by atoms with Crippen LogP contribution in [0.1, 0.15) is 56.1 Å². The van der Waals surface area contributed by atoms with Crippen LogP contribution in [0.3, 0.4) is 0 Å². The summed E-state index contributed by atoms with van der Waals surface area (Å²) in [5, 5.41) is 5.66. The van der Waals surface area contributed by atoms with Crippen LogP contribution in [0.4, 0.5) is 0 Å². The highest BCUT2D eigenvalue weighted by Gasteiger charge is 2.51. The van der Waals surface area contributed by atoms with Gasteiger partial charge in [-0.05, 0) is 87.2 Å². The molecule has 0 atom stereocenters. The average molecular weight is 399 g/mol. The van der Waals surface area contributed by atoms with E-state index in [1.807, 2.05) is 19.1 Å². The van der Waals surface area contributed by atoms with Gasteiger partial charge in [-0.3, -0.25) is 9.59 Å². The summed E-state index contributed by atoms with van der Waals surface area (Å²) < 4.78 is 5.72. The van der Waals surface area contributed by atoms with Gasteiger partial charge in [-0.15, -0.1) is 0 Å². The zero-order valence-electron chi connectivity index (χ0n) is 17.8. The van der Waals surface area contributed by atoms with Gasteiger partial charge in [-0.25, -0.2) is 0 Å². The van der Waals surface area contributed by atoms with Crippen LogP contribution in [0, 0.1) is 37.0 Å². The minimum Gasteiger partial charge on any atom is -0.491 e. The van der Waals surface area contributed by atoms with E-state index in [4.69, 9.17) is 4.74 Å². The van der Waals surface area contributed by atoms with Crippen LogP contribution in [-0.2, 0) is 9.59 Å². The second kappa shape index (κ2) is 8.37. The lowest BCUT2D eigenvalue weighted by molar-refractivity contribution is -0.131. The lowest BCUT2D eigenvalue weighted by atomic mass is 9.49. The minimum atomic E-state index is -0.159. The van der Waals surface area contributed by atoms with Gasteiger partial charge in [0.05, 0.1) is 13.1 Å². The molecule has 1 aromatic rings. The summed E-state index contributed by atoms with van der Waals surface area (Å²) in [6, 6.07) is 6.05. The fourth-order valence-corrected chi connectivity index (χ4v) is 6.46. The first-order chi connectivity index (χ1) is 13.9. The van der Waals surface area contributed by atoms with Gasteiger partial charge in [0.15, 0.2) is 0 Å². The van der Waals surface area contributed by atoms with Gasteiger partial charge >= 0.3 is 0 Å². The van der Waals surface area contributed by atoms with E-state index < -0.39 is 0 Å². The van der Waals surface area contributed by atoms with Gasteiger partial charge in [-0.1, -0.05) is 17.7 Å². The molecule has 0 radical (unpaired) electrons. The highest BCUT2D eigenvalue weighted by atomic mass is 16.5. The molecule has 0 saturated heterocycles. The van der Waals surface area contributed by atoms with Crippen molar-refractivity contribution in [3.05, 3.63) is 29.3 Å². The second-order valence-electron chi connectivity index (χ2n) is 9.84. The third-order valence-electron chi connectivity index (χ3n) is 7.16. The Morgan fingerprint density at radius 2 is 1.66 bits per heavy atom. The van der Waals surface area contributed by atoms with E-state index in [1.165, 1.54) is 44.1 Å². The topological polar surface area (TPSA) is 67.4 Å². The van der Waals surface area contributed by atoms with E-state index >= 15 is 0 Å². The Bertz CT molecular complexity index is 738. The summed E-state index contributed by atoms with van der Waals surface area (Å²) in [4.78, 5) is 24.5. The quantitative estimate of drug-likeness (QED) is 0.659. The molecule has 2 N–H and O–H groups in total. The maximum atomic E-state index is 12.5. The van der Waals surface area contributed by atoms with Crippen molar-refractivity contribution in [2.75, 3.05) is 19.7 Å². The highest BCUT2D eigenvalue weighted by molar-refractivity contribution is 5.84. The Morgan fingerprint density at radius 3 is 2.28 bits per heavy atom. The summed E-state index contributed by atoms with van der Waals surface area (Å²) in [5.41, 5.74) is 2.51. The number of aryl methyl sites for hydroxylation is 2. The Labute approximate surface area is 174 Å². The Balaban J connectivity index is 1.14. The number of hydrogen-bond acceptors (Lipinski definition) is 3. The van der Waals surface area contributed by atoms with Crippen molar-refractivity contribution < 1.29 is 14.3 Å². The molecule has 5 nitrogen and oxygen atoms in total. The normalized spacial score (nSPS) is 29.5. The molecule has 0 unspecified atom stereocenters. The number of amides is 2. The number of ether oxygens (including phenoxy) is 1. The number of hydrogen-bond donors (Lipinski definition) is 2. The maximum absolute atomic E-state index is 12.5. The van der Waals surface area contributed by atoms with Crippen LogP contribution in [0.15, 0.2) is 18.2 Å². The lowest BCUT2D eigenvalue weighted by Gasteiger charge is -2.56. The predicted molar refractivity (Wildman–Crippen MR) is 113 cm³/mol. The molecular formula is C24H34N2O3. The largest absolute Gasteiger partial charge is 0.491 e. The van der Waals surface area contributed by atoms with E-state index in [1.54, 1.807) is 0 Å². The molecule has 0 heterocycles. The predicted octanol–water partition coefficient (Wildman–Crippen LogP) is 3.52. The van der Waals surface area contributed by atoms with Crippen LogP contribution >= 0.6 is 0 Å². The lowest BCUT2D eigenvalue weighted by Crippen LogP contribution is -2.48. The van der Waals surface area contributed by atoms with E-state index in [-0.39, 0.29) is 23.8 Å². The van der Waals surface area contributed by atoms with E-state index in [0.29, 0.717) is 19.6 Å². The molecule has 158 valence electrons. The molecule has 0 aromatic heterocycles. The third kappa shape index (κ3) is 4.93. The number of carbonyl (C=O) groups is 2. The molecule has 4 aliphatic rings. The summed E-state index contributed by atoms with van der Waals surface area (Å²) in [5.74, 6) is 3.24.